The first-order valence-corrected chi connectivity index (χ1v) is 6.16. The van der Waals surface area contributed by atoms with E-state index in [9.17, 15) is 0 Å². The number of anilines is 2. The molecule has 4 heteroatoms. The van der Waals surface area contributed by atoms with Gasteiger partial charge in [-0.1, -0.05) is 0 Å². The van der Waals surface area contributed by atoms with Gasteiger partial charge in [-0.15, -0.1) is 0 Å². The van der Waals surface area contributed by atoms with Crippen LogP contribution >= 0.6 is 0 Å². The number of hydrogen-bond acceptors (Lipinski definition) is 4. The molecule has 17 heavy (non-hydrogen) atoms. The maximum atomic E-state index is 5.72. The Kier molecular flexibility index (Phi) is 3.84. The molecule has 94 valence electrons. The molecule has 0 bridgehead atoms. The van der Waals surface area contributed by atoms with E-state index in [2.05, 4.69) is 16.8 Å². The van der Waals surface area contributed by atoms with E-state index in [1.807, 2.05) is 6.07 Å². The summed E-state index contributed by atoms with van der Waals surface area (Å²) in [5.41, 5.74) is 7.62. The number of piperidine rings is 1. The SMILES string of the molecule is COCC1CCN(c2ncc(N)cc2C)CC1. The van der Waals surface area contributed by atoms with Crippen molar-refractivity contribution in [3.63, 3.8) is 0 Å². The van der Waals surface area contributed by atoms with Crippen LogP contribution in [-0.4, -0.2) is 31.8 Å². The maximum Gasteiger partial charge on any atom is 0.131 e. The predicted molar refractivity (Wildman–Crippen MR) is 70.2 cm³/mol. The Labute approximate surface area is 103 Å². The molecular formula is C13H21N3O. The summed E-state index contributed by atoms with van der Waals surface area (Å²) in [6.07, 6.45) is 4.10. The highest BCUT2D eigenvalue weighted by Gasteiger charge is 2.20. The van der Waals surface area contributed by atoms with Crippen molar-refractivity contribution in [2.45, 2.75) is 19.8 Å². The number of nitrogens with two attached hydrogens (primary N) is 1. The molecule has 2 N–H and O–H groups in total. The summed E-state index contributed by atoms with van der Waals surface area (Å²) in [6, 6.07) is 1.99. The highest BCUT2D eigenvalue weighted by atomic mass is 16.5. The first kappa shape index (κ1) is 12.2. The van der Waals surface area contributed by atoms with Gasteiger partial charge in [0.25, 0.3) is 0 Å². The van der Waals surface area contributed by atoms with Gasteiger partial charge in [0.1, 0.15) is 5.82 Å². The molecule has 2 rings (SSSR count). The standard InChI is InChI=1S/C13H21N3O/c1-10-7-12(14)8-15-13(10)16-5-3-11(4-6-16)9-17-2/h7-8,11H,3-6,9,14H2,1-2H3. The second kappa shape index (κ2) is 5.36. The lowest BCUT2D eigenvalue weighted by Crippen LogP contribution is -2.35. The quantitative estimate of drug-likeness (QED) is 0.868. The molecule has 1 aromatic rings. The summed E-state index contributed by atoms with van der Waals surface area (Å²) in [7, 11) is 1.78. The van der Waals surface area contributed by atoms with Crippen molar-refractivity contribution in [1.29, 1.82) is 0 Å². The number of ether oxygens (including phenoxy) is 1. The van der Waals surface area contributed by atoms with Crippen LogP contribution in [0.1, 0.15) is 18.4 Å². The van der Waals surface area contributed by atoms with Crippen molar-refractivity contribution in [3.8, 4) is 0 Å². The lowest BCUT2D eigenvalue weighted by molar-refractivity contribution is 0.139. The maximum absolute atomic E-state index is 5.72. The minimum atomic E-state index is 0.699. The van der Waals surface area contributed by atoms with Crippen LogP contribution < -0.4 is 10.6 Å². The summed E-state index contributed by atoms with van der Waals surface area (Å²) in [6.45, 7) is 5.07. The highest BCUT2D eigenvalue weighted by molar-refractivity contribution is 5.52. The molecule has 1 aromatic heterocycles. The van der Waals surface area contributed by atoms with Crippen LogP contribution in [0.5, 0.6) is 0 Å². The van der Waals surface area contributed by atoms with Gasteiger partial charge in [0.15, 0.2) is 0 Å². The third-order valence-corrected chi connectivity index (χ3v) is 3.39. The molecule has 0 aliphatic carbocycles. The average Bonchev–Trinajstić information content (AvgIpc) is 2.31. The van der Waals surface area contributed by atoms with E-state index in [1.54, 1.807) is 13.3 Å². The zero-order valence-electron chi connectivity index (χ0n) is 10.6. The Hall–Kier alpha value is -1.29. The molecule has 0 aromatic carbocycles. The van der Waals surface area contributed by atoms with E-state index in [4.69, 9.17) is 10.5 Å². The molecule has 0 radical (unpaired) electrons. The Morgan fingerprint density at radius 3 is 2.76 bits per heavy atom. The first-order chi connectivity index (χ1) is 8.20. The lowest BCUT2D eigenvalue weighted by Gasteiger charge is -2.33. The predicted octanol–water partition coefficient (Wildman–Crippen LogP) is 1.84. The zero-order chi connectivity index (χ0) is 12.3. The van der Waals surface area contributed by atoms with Crippen LogP contribution in [-0.2, 0) is 4.74 Å². The average molecular weight is 235 g/mol. The molecule has 1 fully saturated rings. The molecule has 1 saturated heterocycles. The van der Waals surface area contributed by atoms with Crippen molar-refractivity contribution in [3.05, 3.63) is 17.8 Å². The lowest BCUT2D eigenvalue weighted by atomic mass is 9.97. The third kappa shape index (κ3) is 2.88. The minimum Gasteiger partial charge on any atom is -0.397 e. The summed E-state index contributed by atoms with van der Waals surface area (Å²) in [5.74, 6) is 1.78. The fourth-order valence-electron chi connectivity index (χ4n) is 2.47. The molecule has 0 unspecified atom stereocenters. The van der Waals surface area contributed by atoms with Crippen LogP contribution in [0.3, 0.4) is 0 Å². The second-order valence-corrected chi connectivity index (χ2v) is 4.79. The molecule has 0 amide bonds. The van der Waals surface area contributed by atoms with Crippen molar-refractivity contribution >= 4 is 11.5 Å². The van der Waals surface area contributed by atoms with Gasteiger partial charge in [-0.05, 0) is 37.3 Å². The summed E-state index contributed by atoms with van der Waals surface area (Å²) in [4.78, 5) is 6.79. The van der Waals surface area contributed by atoms with Gasteiger partial charge in [-0.2, -0.15) is 0 Å². The Bertz CT molecular complexity index is 373. The van der Waals surface area contributed by atoms with Gasteiger partial charge in [0.05, 0.1) is 11.9 Å². The number of methoxy groups -OCH3 is 1. The van der Waals surface area contributed by atoms with Crippen LogP contribution in [0.2, 0.25) is 0 Å². The van der Waals surface area contributed by atoms with E-state index in [0.717, 1.165) is 36.8 Å². The summed E-state index contributed by atoms with van der Waals surface area (Å²) >= 11 is 0. The number of nitrogen functional groups attached to an aromatic ring is 1. The fourth-order valence-corrected chi connectivity index (χ4v) is 2.47. The number of pyridine rings is 1. The van der Waals surface area contributed by atoms with E-state index >= 15 is 0 Å². The van der Waals surface area contributed by atoms with Crippen molar-refractivity contribution < 1.29 is 4.74 Å². The zero-order valence-corrected chi connectivity index (χ0v) is 10.6. The van der Waals surface area contributed by atoms with Crippen LogP contribution in [0.25, 0.3) is 0 Å². The Morgan fingerprint density at radius 1 is 1.47 bits per heavy atom. The Balaban J connectivity index is 2.00. The molecular weight excluding hydrogens is 214 g/mol. The second-order valence-electron chi connectivity index (χ2n) is 4.79. The molecule has 2 heterocycles. The molecule has 1 aliphatic heterocycles. The van der Waals surface area contributed by atoms with Gasteiger partial charge in [0.2, 0.25) is 0 Å². The monoisotopic (exact) mass is 235 g/mol. The first-order valence-electron chi connectivity index (χ1n) is 6.16. The molecule has 1 aliphatic rings. The smallest absolute Gasteiger partial charge is 0.131 e. The largest absolute Gasteiger partial charge is 0.397 e. The van der Waals surface area contributed by atoms with Crippen molar-refractivity contribution in [1.82, 2.24) is 4.98 Å². The van der Waals surface area contributed by atoms with Crippen LogP contribution in [0, 0.1) is 12.8 Å². The van der Waals surface area contributed by atoms with Crippen molar-refractivity contribution in [2.24, 2.45) is 5.92 Å². The van der Waals surface area contributed by atoms with Gasteiger partial charge in [0, 0.05) is 26.8 Å². The van der Waals surface area contributed by atoms with Gasteiger partial charge < -0.3 is 15.4 Å². The molecule has 4 nitrogen and oxygen atoms in total. The third-order valence-electron chi connectivity index (χ3n) is 3.39. The fraction of sp³-hybridized carbons (Fsp3) is 0.615. The van der Waals surface area contributed by atoms with Crippen LogP contribution in [0.15, 0.2) is 12.3 Å². The van der Waals surface area contributed by atoms with Gasteiger partial charge in [-0.25, -0.2) is 4.98 Å². The van der Waals surface area contributed by atoms with E-state index < -0.39 is 0 Å². The molecule has 0 atom stereocenters. The minimum absolute atomic E-state index is 0.699. The summed E-state index contributed by atoms with van der Waals surface area (Å²) in [5, 5.41) is 0. The van der Waals surface area contributed by atoms with E-state index in [1.165, 1.54) is 12.8 Å². The number of aromatic nitrogens is 1. The Morgan fingerprint density at radius 2 is 2.18 bits per heavy atom. The normalized spacial score (nSPS) is 17.4. The molecule has 0 saturated carbocycles. The van der Waals surface area contributed by atoms with Crippen molar-refractivity contribution in [2.75, 3.05) is 37.4 Å². The number of nitrogens with zero attached hydrogens (tertiary/aromatic N) is 2. The van der Waals surface area contributed by atoms with Gasteiger partial charge in [-0.3, -0.25) is 0 Å². The topological polar surface area (TPSA) is 51.4 Å². The van der Waals surface area contributed by atoms with E-state index in [-0.39, 0.29) is 0 Å². The molecule has 0 spiro atoms. The number of aryl methyl sites for hydroxylation is 1. The van der Waals surface area contributed by atoms with Gasteiger partial charge >= 0.3 is 0 Å². The number of hydrogen-bond donors (Lipinski definition) is 1. The summed E-state index contributed by atoms with van der Waals surface area (Å²) < 4.78 is 5.21. The highest BCUT2D eigenvalue weighted by Crippen LogP contribution is 2.25. The number of rotatable bonds is 3. The van der Waals surface area contributed by atoms with E-state index in [0.29, 0.717) is 5.92 Å². The van der Waals surface area contributed by atoms with Crippen LogP contribution in [0.4, 0.5) is 11.5 Å².